The zero-order chi connectivity index (χ0) is 8.69. The summed E-state index contributed by atoms with van der Waals surface area (Å²) in [5.41, 5.74) is 5.10. The Morgan fingerprint density at radius 1 is 1.64 bits per heavy atom. The number of aliphatic hydroxyl groups excluding tert-OH is 1. The lowest BCUT2D eigenvalue weighted by atomic mass is 10.4. The summed E-state index contributed by atoms with van der Waals surface area (Å²) in [6.07, 6.45) is 0.422. The van der Waals surface area contributed by atoms with Crippen LogP contribution in [-0.4, -0.2) is 35.5 Å². The van der Waals surface area contributed by atoms with E-state index in [4.69, 9.17) is 15.9 Å². The highest BCUT2D eigenvalue weighted by molar-refractivity contribution is 5.87. The lowest BCUT2D eigenvalue weighted by Gasteiger charge is -1.97. The van der Waals surface area contributed by atoms with Gasteiger partial charge >= 0.3 is 0 Å². The molecule has 0 saturated carbocycles. The summed E-state index contributed by atoms with van der Waals surface area (Å²) in [4.78, 5) is 10.6. The van der Waals surface area contributed by atoms with E-state index in [0.717, 1.165) is 12.2 Å². The third kappa shape index (κ3) is 6.98. The SMILES string of the molecule is NCCNC(=O)/C=C\C(O)O. The highest BCUT2D eigenvalue weighted by Gasteiger charge is 1.93. The molecule has 0 atom stereocenters. The third-order valence-electron chi connectivity index (χ3n) is 0.863. The van der Waals surface area contributed by atoms with Crippen molar-refractivity contribution in [1.29, 1.82) is 0 Å². The average Bonchev–Trinajstić information content (AvgIpc) is 1.97. The van der Waals surface area contributed by atoms with Gasteiger partial charge in [0, 0.05) is 19.2 Å². The minimum atomic E-state index is -1.58. The molecule has 0 unspecified atom stereocenters. The Morgan fingerprint density at radius 3 is 2.73 bits per heavy atom. The lowest BCUT2D eigenvalue weighted by molar-refractivity contribution is -0.116. The molecule has 0 aromatic rings. The van der Waals surface area contributed by atoms with Gasteiger partial charge in [0.25, 0.3) is 0 Å². The highest BCUT2D eigenvalue weighted by atomic mass is 16.5. The van der Waals surface area contributed by atoms with E-state index < -0.39 is 6.29 Å². The number of nitrogens with two attached hydrogens (primary N) is 1. The first-order valence-corrected chi connectivity index (χ1v) is 3.19. The standard InChI is InChI=1S/C6H12N2O3/c7-3-4-8-5(9)1-2-6(10)11/h1-2,6,10-11H,3-4,7H2,(H,8,9)/b2-1-. The fourth-order valence-electron chi connectivity index (χ4n) is 0.428. The summed E-state index contributed by atoms with van der Waals surface area (Å²) in [6, 6.07) is 0. The Bertz CT molecular complexity index is 145. The summed E-state index contributed by atoms with van der Waals surface area (Å²) in [5, 5.41) is 19.0. The van der Waals surface area contributed by atoms with E-state index in [0.29, 0.717) is 13.1 Å². The van der Waals surface area contributed by atoms with Crippen LogP contribution in [0.1, 0.15) is 0 Å². The number of rotatable bonds is 4. The van der Waals surface area contributed by atoms with Crippen molar-refractivity contribution in [3.05, 3.63) is 12.2 Å². The molecule has 1 amide bonds. The lowest BCUT2D eigenvalue weighted by Crippen LogP contribution is -2.27. The first kappa shape index (κ1) is 10.1. The van der Waals surface area contributed by atoms with Gasteiger partial charge in [0.1, 0.15) is 0 Å². The van der Waals surface area contributed by atoms with Crippen molar-refractivity contribution in [2.45, 2.75) is 6.29 Å². The number of amides is 1. The second-order valence-electron chi connectivity index (χ2n) is 1.85. The van der Waals surface area contributed by atoms with Crippen LogP contribution in [0.3, 0.4) is 0 Å². The van der Waals surface area contributed by atoms with Gasteiger partial charge < -0.3 is 21.3 Å². The summed E-state index contributed by atoms with van der Waals surface area (Å²) < 4.78 is 0. The fraction of sp³-hybridized carbons (Fsp3) is 0.500. The van der Waals surface area contributed by atoms with Crippen molar-refractivity contribution >= 4 is 5.91 Å². The molecule has 0 saturated heterocycles. The number of hydrogen-bond donors (Lipinski definition) is 4. The molecule has 0 aliphatic carbocycles. The topological polar surface area (TPSA) is 95.6 Å². The van der Waals surface area contributed by atoms with Crippen LogP contribution < -0.4 is 11.1 Å². The molecule has 0 rings (SSSR count). The minimum absolute atomic E-state index is 0.362. The molecule has 0 heterocycles. The maximum absolute atomic E-state index is 10.6. The molecule has 5 nitrogen and oxygen atoms in total. The number of nitrogens with one attached hydrogen (secondary N) is 1. The first-order chi connectivity index (χ1) is 5.16. The second kappa shape index (κ2) is 5.84. The number of hydrogen-bond acceptors (Lipinski definition) is 4. The molecule has 0 aliphatic rings. The van der Waals surface area contributed by atoms with Gasteiger partial charge in [0.05, 0.1) is 0 Å². The zero-order valence-electron chi connectivity index (χ0n) is 6.03. The Hall–Kier alpha value is -0.910. The predicted molar refractivity (Wildman–Crippen MR) is 39.4 cm³/mol. The van der Waals surface area contributed by atoms with Gasteiger partial charge in [-0.25, -0.2) is 0 Å². The molecule has 5 heteroatoms. The van der Waals surface area contributed by atoms with Crippen LogP contribution in [-0.2, 0) is 4.79 Å². The largest absolute Gasteiger partial charge is 0.365 e. The van der Waals surface area contributed by atoms with E-state index in [-0.39, 0.29) is 5.91 Å². The van der Waals surface area contributed by atoms with Crippen molar-refractivity contribution in [2.24, 2.45) is 5.73 Å². The van der Waals surface area contributed by atoms with Crippen LogP contribution in [0.15, 0.2) is 12.2 Å². The number of aliphatic hydroxyl groups is 2. The van der Waals surface area contributed by atoms with Crippen LogP contribution in [0.25, 0.3) is 0 Å². The third-order valence-corrected chi connectivity index (χ3v) is 0.863. The average molecular weight is 160 g/mol. The van der Waals surface area contributed by atoms with Gasteiger partial charge in [-0.2, -0.15) is 0 Å². The van der Waals surface area contributed by atoms with E-state index in [1.54, 1.807) is 0 Å². The van der Waals surface area contributed by atoms with E-state index in [1.807, 2.05) is 0 Å². The van der Waals surface area contributed by atoms with Crippen LogP contribution in [0.2, 0.25) is 0 Å². The van der Waals surface area contributed by atoms with E-state index in [9.17, 15) is 4.79 Å². The van der Waals surface area contributed by atoms with E-state index in [1.165, 1.54) is 0 Å². The summed E-state index contributed by atoms with van der Waals surface area (Å²) in [7, 11) is 0. The molecule has 0 spiro atoms. The Balaban J connectivity index is 3.51. The molecule has 0 fully saturated rings. The monoisotopic (exact) mass is 160 g/mol. The normalized spacial score (nSPS) is 10.9. The van der Waals surface area contributed by atoms with Crippen LogP contribution in [0, 0.1) is 0 Å². The maximum atomic E-state index is 10.6. The van der Waals surface area contributed by atoms with Gasteiger partial charge in [0.15, 0.2) is 6.29 Å². The summed E-state index contributed by atoms with van der Waals surface area (Å²) >= 11 is 0. The molecule has 0 aromatic carbocycles. The molecular formula is C6H12N2O3. The van der Waals surface area contributed by atoms with Gasteiger partial charge in [-0.1, -0.05) is 0 Å². The predicted octanol–water partition coefficient (Wildman–Crippen LogP) is -2.07. The van der Waals surface area contributed by atoms with E-state index >= 15 is 0 Å². The van der Waals surface area contributed by atoms with Crippen LogP contribution >= 0.6 is 0 Å². The first-order valence-electron chi connectivity index (χ1n) is 3.19. The number of carbonyl (C=O) groups excluding carboxylic acids is 1. The Labute approximate surface area is 64.5 Å². The molecule has 0 radical (unpaired) electrons. The van der Waals surface area contributed by atoms with Gasteiger partial charge in [-0.05, 0) is 6.08 Å². The molecule has 0 bridgehead atoms. The van der Waals surface area contributed by atoms with Gasteiger partial charge in [-0.3, -0.25) is 4.79 Å². The van der Waals surface area contributed by atoms with Crippen molar-refractivity contribution in [3.63, 3.8) is 0 Å². The molecule has 5 N–H and O–H groups in total. The van der Waals surface area contributed by atoms with Crippen molar-refractivity contribution < 1.29 is 15.0 Å². The zero-order valence-corrected chi connectivity index (χ0v) is 6.03. The van der Waals surface area contributed by atoms with Crippen LogP contribution in [0.5, 0.6) is 0 Å². The minimum Gasteiger partial charge on any atom is -0.365 e. The number of carbonyl (C=O) groups is 1. The highest BCUT2D eigenvalue weighted by Crippen LogP contribution is 1.78. The fourth-order valence-corrected chi connectivity index (χ4v) is 0.428. The van der Waals surface area contributed by atoms with Crippen molar-refractivity contribution in [1.82, 2.24) is 5.32 Å². The summed E-state index contributed by atoms with van der Waals surface area (Å²) in [6.45, 7) is 0.742. The van der Waals surface area contributed by atoms with E-state index in [2.05, 4.69) is 5.32 Å². The summed E-state index contributed by atoms with van der Waals surface area (Å²) in [5.74, 6) is -0.386. The smallest absolute Gasteiger partial charge is 0.243 e. The van der Waals surface area contributed by atoms with Crippen molar-refractivity contribution in [3.8, 4) is 0 Å². The molecule has 11 heavy (non-hydrogen) atoms. The molecule has 0 aliphatic heterocycles. The Kier molecular flexibility index (Phi) is 5.36. The van der Waals surface area contributed by atoms with Gasteiger partial charge in [0.2, 0.25) is 5.91 Å². The molecular weight excluding hydrogens is 148 g/mol. The molecule has 64 valence electrons. The van der Waals surface area contributed by atoms with Gasteiger partial charge in [-0.15, -0.1) is 0 Å². The van der Waals surface area contributed by atoms with Crippen molar-refractivity contribution in [2.75, 3.05) is 13.1 Å². The second-order valence-corrected chi connectivity index (χ2v) is 1.85. The Morgan fingerprint density at radius 2 is 2.27 bits per heavy atom. The molecule has 0 aromatic heterocycles. The maximum Gasteiger partial charge on any atom is 0.243 e. The van der Waals surface area contributed by atoms with Crippen LogP contribution in [0.4, 0.5) is 0 Å². The quantitative estimate of drug-likeness (QED) is 0.280.